The van der Waals surface area contributed by atoms with Crippen molar-refractivity contribution in [3.05, 3.63) is 35.4 Å². The zero-order valence-corrected chi connectivity index (χ0v) is 14.8. The van der Waals surface area contributed by atoms with Crippen molar-refractivity contribution >= 4 is 5.97 Å². The van der Waals surface area contributed by atoms with Gasteiger partial charge in [0.1, 0.15) is 5.60 Å². The van der Waals surface area contributed by atoms with Crippen LogP contribution in [0.3, 0.4) is 0 Å². The van der Waals surface area contributed by atoms with Crippen molar-refractivity contribution in [3.8, 4) is 0 Å². The van der Waals surface area contributed by atoms with E-state index in [2.05, 4.69) is 41.5 Å². The monoisotopic (exact) mass is 290 g/mol. The van der Waals surface area contributed by atoms with Gasteiger partial charge in [-0.25, -0.2) is 4.79 Å². The molecule has 0 fully saturated rings. The lowest BCUT2D eigenvalue weighted by atomic mass is 9.78. The lowest BCUT2D eigenvalue weighted by Crippen LogP contribution is -2.33. The summed E-state index contributed by atoms with van der Waals surface area (Å²) in [6.07, 6.45) is 0. The Bertz CT molecular complexity index is 475. The van der Waals surface area contributed by atoms with Crippen LogP contribution in [-0.2, 0) is 4.74 Å². The Morgan fingerprint density at radius 2 is 1.43 bits per heavy atom. The highest BCUT2D eigenvalue weighted by Crippen LogP contribution is 2.34. The molecule has 1 atom stereocenters. The molecular weight excluding hydrogens is 260 g/mol. The molecule has 2 heteroatoms. The minimum atomic E-state index is -0.450. The summed E-state index contributed by atoms with van der Waals surface area (Å²) in [5, 5.41) is 0. The van der Waals surface area contributed by atoms with E-state index in [4.69, 9.17) is 4.74 Å². The van der Waals surface area contributed by atoms with E-state index < -0.39 is 5.60 Å². The van der Waals surface area contributed by atoms with Crippen LogP contribution in [-0.4, -0.2) is 11.6 Å². The average Bonchev–Trinajstić information content (AvgIpc) is 2.36. The maximum atomic E-state index is 12.2. The molecule has 0 amide bonds. The maximum absolute atomic E-state index is 12.2. The normalized spacial score (nSPS) is 14.1. The van der Waals surface area contributed by atoms with Crippen molar-refractivity contribution in [1.29, 1.82) is 0 Å². The van der Waals surface area contributed by atoms with Gasteiger partial charge in [-0.05, 0) is 48.8 Å². The summed E-state index contributed by atoms with van der Waals surface area (Å²) in [4.78, 5) is 12.2. The van der Waals surface area contributed by atoms with Crippen molar-refractivity contribution in [3.63, 3.8) is 0 Å². The molecule has 0 radical (unpaired) electrons. The first kappa shape index (κ1) is 17.7. The second-order valence-electron chi connectivity index (χ2n) is 7.86. The van der Waals surface area contributed by atoms with Gasteiger partial charge in [0.2, 0.25) is 0 Å². The first-order valence-corrected chi connectivity index (χ1v) is 7.78. The predicted octanol–water partition coefficient (Wildman–Crippen LogP) is 5.43. The molecule has 0 aliphatic carbocycles. The zero-order chi connectivity index (χ0) is 16.4. The van der Waals surface area contributed by atoms with Crippen molar-refractivity contribution in [1.82, 2.24) is 0 Å². The predicted molar refractivity (Wildman–Crippen MR) is 88.6 cm³/mol. The van der Waals surface area contributed by atoms with Gasteiger partial charge in [0.05, 0.1) is 5.56 Å². The molecule has 1 rings (SSSR count). The fraction of sp³-hybridized carbons (Fsp3) is 0.632. The van der Waals surface area contributed by atoms with Crippen LogP contribution in [0.1, 0.15) is 77.2 Å². The first-order chi connectivity index (χ1) is 9.45. The Morgan fingerprint density at radius 1 is 0.952 bits per heavy atom. The minimum absolute atomic E-state index is 0.210. The molecule has 118 valence electrons. The van der Waals surface area contributed by atoms with Crippen LogP contribution in [0.5, 0.6) is 0 Å². The van der Waals surface area contributed by atoms with E-state index in [0.29, 0.717) is 11.5 Å². The van der Waals surface area contributed by atoms with Gasteiger partial charge < -0.3 is 4.74 Å². The Hall–Kier alpha value is -1.31. The largest absolute Gasteiger partial charge is 0.456 e. The minimum Gasteiger partial charge on any atom is -0.456 e. The highest BCUT2D eigenvalue weighted by molar-refractivity contribution is 5.89. The molecule has 0 aliphatic rings. The van der Waals surface area contributed by atoms with Gasteiger partial charge in [0.15, 0.2) is 0 Å². The quantitative estimate of drug-likeness (QED) is 0.691. The fourth-order valence-electron chi connectivity index (χ4n) is 1.82. The summed E-state index contributed by atoms with van der Waals surface area (Å²) in [5.74, 6) is 0.472. The van der Waals surface area contributed by atoms with Gasteiger partial charge in [0.25, 0.3) is 0 Å². The summed E-state index contributed by atoms with van der Waals surface area (Å²) < 4.78 is 5.61. The summed E-state index contributed by atoms with van der Waals surface area (Å²) >= 11 is 0. The summed E-state index contributed by atoms with van der Waals surface area (Å²) in [6.45, 7) is 16.9. The highest BCUT2D eigenvalue weighted by atomic mass is 16.6. The maximum Gasteiger partial charge on any atom is 0.338 e. The number of benzene rings is 1. The van der Waals surface area contributed by atoms with Crippen LogP contribution in [0.2, 0.25) is 0 Å². The molecule has 1 aromatic rings. The molecule has 0 aliphatic heterocycles. The number of hydrogen-bond donors (Lipinski definition) is 0. The van der Waals surface area contributed by atoms with Crippen LogP contribution < -0.4 is 0 Å². The molecule has 21 heavy (non-hydrogen) atoms. The summed E-state index contributed by atoms with van der Waals surface area (Å²) in [7, 11) is 0. The smallest absolute Gasteiger partial charge is 0.338 e. The second-order valence-corrected chi connectivity index (χ2v) is 7.86. The average molecular weight is 290 g/mol. The third-order valence-electron chi connectivity index (χ3n) is 4.69. The molecule has 0 N–H and O–H groups in total. The molecule has 1 aromatic carbocycles. The van der Waals surface area contributed by atoms with E-state index >= 15 is 0 Å². The van der Waals surface area contributed by atoms with Crippen molar-refractivity contribution in [2.24, 2.45) is 11.3 Å². The third-order valence-corrected chi connectivity index (χ3v) is 4.69. The highest BCUT2D eigenvalue weighted by Gasteiger charge is 2.27. The fourth-order valence-corrected chi connectivity index (χ4v) is 1.82. The Balaban J connectivity index is 2.86. The number of hydrogen-bond acceptors (Lipinski definition) is 2. The van der Waals surface area contributed by atoms with Crippen LogP contribution >= 0.6 is 0 Å². The van der Waals surface area contributed by atoms with Crippen LogP contribution in [0, 0.1) is 11.3 Å². The van der Waals surface area contributed by atoms with Gasteiger partial charge in [-0.15, -0.1) is 0 Å². The SMILES string of the molecule is CC(c1ccc(C(=O)OC(C)(C)C(C)C)cc1)C(C)(C)C. The van der Waals surface area contributed by atoms with E-state index in [-0.39, 0.29) is 17.3 Å². The van der Waals surface area contributed by atoms with Gasteiger partial charge in [-0.1, -0.05) is 53.7 Å². The Kier molecular flexibility index (Phi) is 5.25. The van der Waals surface area contributed by atoms with E-state index in [1.165, 1.54) is 5.56 Å². The number of rotatable bonds is 4. The van der Waals surface area contributed by atoms with E-state index in [9.17, 15) is 4.79 Å². The molecule has 0 saturated heterocycles. The number of carbonyl (C=O) groups is 1. The molecule has 1 unspecified atom stereocenters. The topological polar surface area (TPSA) is 26.3 Å². The first-order valence-electron chi connectivity index (χ1n) is 7.78. The molecule has 0 spiro atoms. The Morgan fingerprint density at radius 3 is 1.81 bits per heavy atom. The lowest BCUT2D eigenvalue weighted by molar-refractivity contribution is -0.0222. The van der Waals surface area contributed by atoms with Crippen LogP contribution in [0.25, 0.3) is 0 Å². The molecular formula is C19H30O2. The van der Waals surface area contributed by atoms with Gasteiger partial charge in [-0.2, -0.15) is 0 Å². The molecule has 0 saturated carbocycles. The molecule has 0 heterocycles. The molecule has 0 bridgehead atoms. The van der Waals surface area contributed by atoms with Crippen LogP contribution in [0.15, 0.2) is 24.3 Å². The molecule has 0 aromatic heterocycles. The van der Waals surface area contributed by atoms with Crippen LogP contribution in [0.4, 0.5) is 0 Å². The van der Waals surface area contributed by atoms with E-state index in [0.717, 1.165) is 0 Å². The van der Waals surface area contributed by atoms with Gasteiger partial charge >= 0.3 is 5.97 Å². The zero-order valence-electron chi connectivity index (χ0n) is 14.8. The summed E-state index contributed by atoms with van der Waals surface area (Å²) in [5.41, 5.74) is 1.63. The van der Waals surface area contributed by atoms with Crippen molar-refractivity contribution in [2.75, 3.05) is 0 Å². The van der Waals surface area contributed by atoms with Crippen molar-refractivity contribution < 1.29 is 9.53 Å². The third kappa shape index (κ3) is 4.59. The number of carbonyl (C=O) groups excluding carboxylic acids is 1. The van der Waals surface area contributed by atoms with E-state index in [1.807, 2.05) is 38.1 Å². The standard InChI is InChI=1S/C19H30O2/c1-13(2)19(7,8)21-17(20)16-11-9-15(10-12-16)14(3)18(4,5)6/h9-14H,1-8H3. The number of ether oxygens (including phenoxy) is 1. The number of esters is 1. The van der Waals surface area contributed by atoms with E-state index in [1.54, 1.807) is 0 Å². The lowest BCUT2D eigenvalue weighted by Gasteiger charge is -2.29. The second kappa shape index (κ2) is 6.21. The van der Waals surface area contributed by atoms with Crippen molar-refractivity contribution in [2.45, 2.75) is 66.9 Å². The van der Waals surface area contributed by atoms with Gasteiger partial charge in [0, 0.05) is 0 Å². The molecule has 2 nitrogen and oxygen atoms in total. The van der Waals surface area contributed by atoms with Gasteiger partial charge in [-0.3, -0.25) is 0 Å². The Labute approximate surface area is 129 Å². The summed E-state index contributed by atoms with van der Waals surface area (Å²) in [6, 6.07) is 7.82.